The Kier molecular flexibility index (Phi) is 33.9. The topological polar surface area (TPSA) is 49.7 Å². The molecule has 4 heteroatoms. The van der Waals surface area contributed by atoms with Crippen molar-refractivity contribution in [3.05, 3.63) is 0 Å². The molecule has 0 fully saturated rings. The van der Waals surface area contributed by atoms with Crippen LogP contribution in [-0.4, -0.2) is 47.6 Å². The first-order valence-corrected chi connectivity index (χ1v) is 14.3. The molecule has 0 saturated heterocycles. The average molecular weight is 449 g/mol. The fourth-order valence-electron chi connectivity index (χ4n) is 3.19. The molecule has 0 radical (unpaired) electrons. The second-order valence-corrected chi connectivity index (χ2v) is 9.57. The normalized spacial score (nSPS) is 11.9. The molecule has 0 saturated carbocycles. The van der Waals surface area contributed by atoms with Gasteiger partial charge in [-0.15, -0.1) is 0 Å². The standard InChI is InChI=1S/C23H48O2S.C3H8O/c1-3-5-7-9-11-12-13-14-16-18-20-26-22-23(21-24)25-19-17-15-10-8-6-4-2;1-2-3-4/h23-24H,3-22H2,1-2H3;4H,2-3H2,1H3. The van der Waals surface area contributed by atoms with Crippen molar-refractivity contribution in [2.24, 2.45) is 0 Å². The lowest BCUT2D eigenvalue weighted by atomic mass is 10.1. The summed E-state index contributed by atoms with van der Waals surface area (Å²) in [6, 6.07) is 0. The Hall–Kier alpha value is 0.230. The Morgan fingerprint density at radius 1 is 0.600 bits per heavy atom. The van der Waals surface area contributed by atoms with Crippen LogP contribution in [0.4, 0.5) is 0 Å². The molecule has 0 aromatic carbocycles. The predicted molar refractivity (Wildman–Crippen MR) is 137 cm³/mol. The van der Waals surface area contributed by atoms with E-state index in [2.05, 4.69) is 13.8 Å². The van der Waals surface area contributed by atoms with Crippen LogP contribution in [0.3, 0.4) is 0 Å². The molecule has 184 valence electrons. The predicted octanol–water partition coefficient (Wildman–Crippen LogP) is 7.77. The van der Waals surface area contributed by atoms with E-state index in [1.807, 2.05) is 18.7 Å². The first-order valence-electron chi connectivity index (χ1n) is 13.2. The summed E-state index contributed by atoms with van der Waals surface area (Å²) in [4.78, 5) is 0. The molecule has 0 aliphatic rings. The summed E-state index contributed by atoms with van der Waals surface area (Å²) < 4.78 is 5.83. The molecule has 0 aromatic rings. The third kappa shape index (κ3) is 30.4. The maximum atomic E-state index is 9.44. The fraction of sp³-hybridized carbons (Fsp3) is 1.00. The number of ether oxygens (including phenoxy) is 1. The third-order valence-corrected chi connectivity index (χ3v) is 6.41. The molecule has 0 aliphatic heterocycles. The van der Waals surface area contributed by atoms with E-state index >= 15 is 0 Å². The Balaban J connectivity index is 0. The summed E-state index contributed by atoms with van der Waals surface area (Å²) in [6.45, 7) is 7.77. The molecule has 1 atom stereocenters. The van der Waals surface area contributed by atoms with Gasteiger partial charge < -0.3 is 14.9 Å². The van der Waals surface area contributed by atoms with Crippen molar-refractivity contribution in [2.45, 2.75) is 136 Å². The number of thioether (sulfide) groups is 1. The molecule has 0 aliphatic carbocycles. The second kappa shape index (κ2) is 31.4. The van der Waals surface area contributed by atoms with E-state index in [-0.39, 0.29) is 12.7 Å². The molecule has 0 rings (SSSR count). The van der Waals surface area contributed by atoms with Gasteiger partial charge in [-0.25, -0.2) is 0 Å². The maximum absolute atomic E-state index is 9.44. The molecule has 0 amide bonds. The summed E-state index contributed by atoms with van der Waals surface area (Å²) >= 11 is 1.95. The summed E-state index contributed by atoms with van der Waals surface area (Å²) in [5.74, 6) is 2.16. The van der Waals surface area contributed by atoms with Crippen molar-refractivity contribution in [1.82, 2.24) is 0 Å². The lowest BCUT2D eigenvalue weighted by molar-refractivity contribution is 0.0260. The number of hydrogen-bond acceptors (Lipinski definition) is 4. The van der Waals surface area contributed by atoms with Gasteiger partial charge in [0.15, 0.2) is 0 Å². The summed E-state index contributed by atoms with van der Waals surface area (Å²) in [5.41, 5.74) is 0. The van der Waals surface area contributed by atoms with E-state index in [1.54, 1.807) is 0 Å². The van der Waals surface area contributed by atoms with Gasteiger partial charge in [0.1, 0.15) is 0 Å². The zero-order chi connectivity index (χ0) is 22.5. The largest absolute Gasteiger partial charge is 0.396 e. The highest BCUT2D eigenvalue weighted by Crippen LogP contribution is 2.14. The number of unbranched alkanes of at least 4 members (excludes halogenated alkanes) is 14. The first-order chi connectivity index (χ1) is 14.8. The van der Waals surface area contributed by atoms with E-state index in [9.17, 15) is 5.11 Å². The van der Waals surface area contributed by atoms with Crippen molar-refractivity contribution >= 4 is 11.8 Å². The van der Waals surface area contributed by atoms with Crippen molar-refractivity contribution in [2.75, 3.05) is 31.3 Å². The quantitative estimate of drug-likeness (QED) is 0.157. The van der Waals surface area contributed by atoms with Crippen LogP contribution in [-0.2, 0) is 4.74 Å². The molecule has 0 heterocycles. The maximum Gasteiger partial charge on any atom is 0.0895 e. The zero-order valence-corrected chi connectivity index (χ0v) is 21.7. The highest BCUT2D eigenvalue weighted by molar-refractivity contribution is 7.99. The van der Waals surface area contributed by atoms with Crippen LogP contribution in [0.25, 0.3) is 0 Å². The molecular formula is C26H56O3S. The molecule has 2 N–H and O–H groups in total. The van der Waals surface area contributed by atoms with Crippen molar-refractivity contribution in [1.29, 1.82) is 0 Å². The van der Waals surface area contributed by atoms with Crippen LogP contribution in [0.5, 0.6) is 0 Å². The molecule has 0 spiro atoms. The lowest BCUT2D eigenvalue weighted by Gasteiger charge is -2.15. The van der Waals surface area contributed by atoms with Gasteiger partial charge in [0.2, 0.25) is 0 Å². The van der Waals surface area contributed by atoms with Crippen LogP contribution < -0.4 is 0 Å². The Morgan fingerprint density at radius 2 is 1.03 bits per heavy atom. The van der Waals surface area contributed by atoms with E-state index in [0.717, 1.165) is 25.2 Å². The lowest BCUT2D eigenvalue weighted by Crippen LogP contribution is -2.21. The molecule has 30 heavy (non-hydrogen) atoms. The van der Waals surface area contributed by atoms with Gasteiger partial charge in [0, 0.05) is 19.0 Å². The monoisotopic (exact) mass is 448 g/mol. The van der Waals surface area contributed by atoms with Gasteiger partial charge in [-0.2, -0.15) is 11.8 Å². The molecule has 0 aromatic heterocycles. The molecule has 3 nitrogen and oxygen atoms in total. The van der Waals surface area contributed by atoms with Crippen LogP contribution >= 0.6 is 11.8 Å². The fourth-order valence-corrected chi connectivity index (χ4v) is 4.23. The Morgan fingerprint density at radius 3 is 1.47 bits per heavy atom. The minimum Gasteiger partial charge on any atom is -0.396 e. The molecule has 0 bridgehead atoms. The first kappa shape index (κ1) is 32.4. The van der Waals surface area contributed by atoms with Crippen molar-refractivity contribution in [3.8, 4) is 0 Å². The molecular weight excluding hydrogens is 392 g/mol. The van der Waals surface area contributed by atoms with Crippen molar-refractivity contribution < 1.29 is 14.9 Å². The van der Waals surface area contributed by atoms with Gasteiger partial charge in [0.05, 0.1) is 12.7 Å². The number of aliphatic hydroxyl groups is 2. The van der Waals surface area contributed by atoms with Crippen LogP contribution in [0, 0.1) is 0 Å². The minimum atomic E-state index is 0.0405. The highest BCUT2D eigenvalue weighted by atomic mass is 32.2. The van der Waals surface area contributed by atoms with Crippen LogP contribution in [0.1, 0.15) is 130 Å². The van der Waals surface area contributed by atoms with Gasteiger partial charge in [-0.05, 0) is 25.0 Å². The Labute approximate surface area is 194 Å². The van der Waals surface area contributed by atoms with Gasteiger partial charge in [0.25, 0.3) is 0 Å². The van der Waals surface area contributed by atoms with Gasteiger partial charge in [-0.3, -0.25) is 0 Å². The SMILES string of the molecule is CCCCCCCCCCCCSCC(CO)OCCCCCCCC.CCCO. The number of aliphatic hydroxyl groups excluding tert-OH is 2. The average Bonchev–Trinajstić information content (AvgIpc) is 2.77. The summed E-state index contributed by atoms with van der Waals surface area (Å²) in [5, 5.41) is 17.3. The number of hydrogen-bond donors (Lipinski definition) is 2. The Bertz CT molecular complexity index is 275. The van der Waals surface area contributed by atoms with Gasteiger partial charge in [-0.1, -0.05) is 111 Å². The third-order valence-electron chi connectivity index (χ3n) is 5.22. The summed E-state index contributed by atoms with van der Waals surface area (Å²) in [6.07, 6.45) is 22.6. The highest BCUT2D eigenvalue weighted by Gasteiger charge is 2.07. The van der Waals surface area contributed by atoms with E-state index in [4.69, 9.17) is 9.84 Å². The van der Waals surface area contributed by atoms with E-state index in [1.165, 1.54) is 102 Å². The zero-order valence-electron chi connectivity index (χ0n) is 20.8. The van der Waals surface area contributed by atoms with Crippen LogP contribution in [0.15, 0.2) is 0 Å². The smallest absolute Gasteiger partial charge is 0.0895 e. The van der Waals surface area contributed by atoms with Gasteiger partial charge >= 0.3 is 0 Å². The second-order valence-electron chi connectivity index (χ2n) is 8.42. The van der Waals surface area contributed by atoms with Crippen LogP contribution in [0.2, 0.25) is 0 Å². The van der Waals surface area contributed by atoms with E-state index < -0.39 is 0 Å². The van der Waals surface area contributed by atoms with E-state index in [0.29, 0.717) is 6.61 Å². The molecule has 1 unspecified atom stereocenters. The minimum absolute atomic E-state index is 0.0405. The van der Waals surface area contributed by atoms with Crippen molar-refractivity contribution in [3.63, 3.8) is 0 Å². The summed E-state index contributed by atoms with van der Waals surface area (Å²) in [7, 11) is 0. The number of rotatable bonds is 23.